The van der Waals surface area contributed by atoms with Crippen molar-refractivity contribution in [3.05, 3.63) is 194 Å². The first-order valence-corrected chi connectivity index (χ1v) is 19.4. The summed E-state index contributed by atoms with van der Waals surface area (Å²) >= 11 is 0. The Hall–Kier alpha value is -7.29. The highest BCUT2D eigenvalue weighted by Crippen LogP contribution is 2.46. The van der Waals surface area contributed by atoms with Crippen LogP contribution in [0.4, 0.5) is 0 Å². The number of nitrogens with zero attached hydrogens (tertiary/aromatic N) is 2. The van der Waals surface area contributed by atoms with Gasteiger partial charge in [0.25, 0.3) is 0 Å². The maximum atomic E-state index is 5.72. The molecule has 0 bridgehead atoms. The number of hydrogen-bond donors (Lipinski definition) is 0. The van der Waals surface area contributed by atoms with E-state index in [1.807, 2.05) is 0 Å². The zero-order chi connectivity index (χ0) is 36.9. The Balaban J connectivity index is 1.24. The van der Waals surface area contributed by atoms with E-state index in [2.05, 4.69) is 200 Å². The predicted molar refractivity (Wildman–Crippen MR) is 239 cm³/mol. The molecule has 0 aliphatic heterocycles. The maximum absolute atomic E-state index is 5.72. The number of rotatable bonds is 3. The number of hydrogen-bond acceptors (Lipinski definition) is 1. The van der Waals surface area contributed by atoms with Crippen LogP contribution in [0.2, 0.25) is 0 Å². The van der Waals surface area contributed by atoms with Crippen molar-refractivity contribution in [2.75, 3.05) is 0 Å². The Morgan fingerprint density at radius 1 is 0.357 bits per heavy atom. The largest absolute Gasteiger partial charge is 0.293 e. The summed E-state index contributed by atoms with van der Waals surface area (Å²) in [6.07, 6.45) is 0. The summed E-state index contributed by atoms with van der Waals surface area (Å²) in [5.41, 5.74) is 7.98. The minimum atomic E-state index is 0.951. The number of pyridine rings is 1. The molecule has 2 heterocycles. The summed E-state index contributed by atoms with van der Waals surface area (Å²) in [4.78, 5) is 5.72. The van der Waals surface area contributed by atoms with E-state index in [1.54, 1.807) is 0 Å². The van der Waals surface area contributed by atoms with Crippen LogP contribution < -0.4 is 0 Å². The molecule has 0 unspecified atom stereocenters. The third-order valence-electron chi connectivity index (χ3n) is 12.1. The zero-order valence-corrected chi connectivity index (χ0v) is 30.8. The van der Waals surface area contributed by atoms with Crippen molar-refractivity contribution in [3.63, 3.8) is 0 Å². The van der Waals surface area contributed by atoms with Gasteiger partial charge in [0.2, 0.25) is 0 Å². The van der Waals surface area contributed by atoms with Gasteiger partial charge in [0, 0.05) is 32.8 Å². The molecule has 0 amide bonds. The lowest BCUT2D eigenvalue weighted by molar-refractivity contribution is 1.07. The van der Waals surface area contributed by atoms with Crippen molar-refractivity contribution < 1.29 is 0 Å². The predicted octanol–water partition coefficient (Wildman–Crippen LogP) is 14.7. The monoisotopic (exact) mass is 710 g/mol. The lowest BCUT2D eigenvalue weighted by Crippen LogP contribution is -2.04. The summed E-state index contributed by atoms with van der Waals surface area (Å²) in [6, 6.07) is 69.0. The molecule has 2 heteroatoms. The Labute approximate surface area is 323 Å². The molecular formula is C54H34N2. The van der Waals surface area contributed by atoms with Crippen LogP contribution in [0.3, 0.4) is 0 Å². The molecule has 12 rings (SSSR count). The topological polar surface area (TPSA) is 17.8 Å². The molecule has 12 aromatic rings. The molecule has 0 spiro atoms. The van der Waals surface area contributed by atoms with Crippen molar-refractivity contribution >= 4 is 86.4 Å². The van der Waals surface area contributed by atoms with Crippen molar-refractivity contribution in [1.82, 2.24) is 9.55 Å². The van der Waals surface area contributed by atoms with Crippen LogP contribution in [0.15, 0.2) is 188 Å². The second-order valence-electron chi connectivity index (χ2n) is 15.1. The van der Waals surface area contributed by atoms with E-state index in [0.29, 0.717) is 0 Å². The molecule has 260 valence electrons. The Morgan fingerprint density at radius 3 is 1.62 bits per heavy atom. The lowest BCUT2D eigenvalue weighted by atomic mass is 9.90. The van der Waals surface area contributed by atoms with Gasteiger partial charge in [0.15, 0.2) is 0 Å². The van der Waals surface area contributed by atoms with E-state index in [-0.39, 0.29) is 0 Å². The number of para-hydroxylation sites is 1. The van der Waals surface area contributed by atoms with Gasteiger partial charge < -0.3 is 0 Å². The van der Waals surface area contributed by atoms with E-state index in [0.717, 1.165) is 33.5 Å². The fraction of sp³-hybridized carbons (Fsp3) is 0.0185. The summed E-state index contributed by atoms with van der Waals surface area (Å²) in [5.74, 6) is 0.951. The fourth-order valence-electron chi connectivity index (χ4n) is 9.53. The molecule has 0 atom stereocenters. The Kier molecular flexibility index (Phi) is 6.58. The van der Waals surface area contributed by atoms with Crippen molar-refractivity contribution in [2.24, 2.45) is 0 Å². The molecular weight excluding hydrogens is 677 g/mol. The number of benzene rings is 10. The highest BCUT2D eigenvalue weighted by molar-refractivity contribution is 6.27. The second kappa shape index (κ2) is 11.9. The molecule has 56 heavy (non-hydrogen) atoms. The third kappa shape index (κ3) is 4.41. The van der Waals surface area contributed by atoms with Crippen LogP contribution in [0.25, 0.3) is 115 Å². The van der Waals surface area contributed by atoms with E-state index in [9.17, 15) is 0 Å². The van der Waals surface area contributed by atoms with Gasteiger partial charge in [-0.25, -0.2) is 4.98 Å². The summed E-state index contributed by atoms with van der Waals surface area (Å²) in [7, 11) is 0. The van der Waals surface area contributed by atoms with E-state index in [1.165, 1.54) is 86.7 Å². The van der Waals surface area contributed by atoms with Gasteiger partial charge in [-0.3, -0.25) is 4.57 Å². The molecule has 2 aromatic heterocycles. The van der Waals surface area contributed by atoms with Gasteiger partial charge in [-0.2, -0.15) is 0 Å². The average molecular weight is 711 g/mol. The molecule has 2 nitrogen and oxygen atoms in total. The number of aryl methyl sites for hydroxylation is 1. The van der Waals surface area contributed by atoms with Gasteiger partial charge in [-0.15, -0.1) is 0 Å². The third-order valence-corrected chi connectivity index (χ3v) is 12.1. The average Bonchev–Trinajstić information content (AvgIpc) is 3.59. The quantitative estimate of drug-likeness (QED) is 0.167. The van der Waals surface area contributed by atoms with Gasteiger partial charge >= 0.3 is 0 Å². The van der Waals surface area contributed by atoms with Crippen molar-refractivity contribution in [2.45, 2.75) is 6.92 Å². The smallest absolute Gasteiger partial charge is 0.141 e. The lowest BCUT2D eigenvalue weighted by Gasteiger charge is -2.19. The summed E-state index contributed by atoms with van der Waals surface area (Å²) in [6.45, 7) is 2.24. The molecule has 0 saturated carbocycles. The zero-order valence-electron chi connectivity index (χ0n) is 30.8. The molecule has 10 aromatic carbocycles. The Morgan fingerprint density at radius 2 is 0.893 bits per heavy atom. The Bertz CT molecular complexity index is 3570. The van der Waals surface area contributed by atoms with Crippen LogP contribution >= 0.6 is 0 Å². The summed E-state index contributed by atoms with van der Waals surface area (Å²) in [5, 5.41) is 17.3. The van der Waals surface area contributed by atoms with Crippen LogP contribution in [-0.2, 0) is 0 Å². The maximum Gasteiger partial charge on any atom is 0.141 e. The molecule has 0 radical (unpaired) electrons. The number of fused-ring (bicyclic) bond motifs is 12. The second-order valence-corrected chi connectivity index (χ2v) is 15.1. The van der Waals surface area contributed by atoms with E-state index < -0.39 is 0 Å². The van der Waals surface area contributed by atoms with Crippen LogP contribution in [-0.4, -0.2) is 9.55 Å². The fourth-order valence-corrected chi connectivity index (χ4v) is 9.53. The molecule has 0 fully saturated rings. The molecule has 0 saturated heterocycles. The summed E-state index contributed by atoms with van der Waals surface area (Å²) < 4.78 is 2.46. The van der Waals surface area contributed by atoms with Crippen molar-refractivity contribution in [1.29, 1.82) is 0 Å². The van der Waals surface area contributed by atoms with Crippen LogP contribution in [0, 0.1) is 6.92 Å². The van der Waals surface area contributed by atoms with Crippen LogP contribution in [0.5, 0.6) is 0 Å². The molecule has 0 N–H and O–H groups in total. The molecule has 0 aliphatic carbocycles. The first kappa shape index (κ1) is 31.1. The van der Waals surface area contributed by atoms with Gasteiger partial charge in [0.05, 0.1) is 16.7 Å². The highest BCUT2D eigenvalue weighted by Gasteiger charge is 2.23. The normalized spacial score (nSPS) is 12.0. The molecule has 0 aliphatic rings. The van der Waals surface area contributed by atoms with Crippen LogP contribution in [0.1, 0.15) is 5.56 Å². The van der Waals surface area contributed by atoms with Crippen molar-refractivity contribution in [3.8, 4) is 28.2 Å². The van der Waals surface area contributed by atoms with Gasteiger partial charge in [0.1, 0.15) is 5.82 Å². The first-order valence-electron chi connectivity index (χ1n) is 19.4. The first-order chi connectivity index (χ1) is 27.7. The number of aromatic nitrogens is 2. The van der Waals surface area contributed by atoms with E-state index in [4.69, 9.17) is 4.98 Å². The standard InChI is InChI=1S/C54H34N2/c1-33-39-17-6-11-24-47(39)52(38-27-26-34-14-2-3-15-35(34)30-38)55-54(33)56-50-25-13-12-23-46(50)49-31-36-16-4-5-18-40(36)51(53(49)56)37-28-29-45-43-21-8-7-19-41(43)42-20-9-10-22-44(42)48(45)32-37/h2-32H,1H3. The van der Waals surface area contributed by atoms with Gasteiger partial charge in [-0.1, -0.05) is 164 Å². The van der Waals surface area contributed by atoms with Gasteiger partial charge in [-0.05, 0) is 96.0 Å². The SMILES string of the molecule is Cc1c(-n2c3ccccc3c3cc4ccccc4c(-c4ccc5c6ccccc6c6ccccc6c5c4)c32)nc(-c2ccc3ccccc3c2)c2ccccc12. The minimum Gasteiger partial charge on any atom is -0.293 e. The minimum absolute atomic E-state index is 0.951. The van der Waals surface area contributed by atoms with E-state index >= 15 is 0 Å². The highest BCUT2D eigenvalue weighted by atomic mass is 15.1.